The predicted molar refractivity (Wildman–Crippen MR) is 37.1 cm³/mol. The van der Waals surface area contributed by atoms with Crippen LogP contribution in [0.1, 0.15) is 25.7 Å². The van der Waals surface area contributed by atoms with E-state index < -0.39 is 0 Å². The van der Waals surface area contributed by atoms with Gasteiger partial charge in [0.05, 0.1) is 0 Å². The molecule has 1 aliphatic carbocycles. The lowest BCUT2D eigenvalue weighted by Gasteiger charge is -1.97. The lowest BCUT2D eigenvalue weighted by atomic mass is 10.1. The molecule has 1 rings (SSSR count). The van der Waals surface area contributed by atoms with E-state index in [4.69, 9.17) is 0 Å². The Hall–Kier alpha value is -0.330. The first-order valence-electron chi connectivity index (χ1n) is 3.66. The molecule has 1 aliphatic rings. The van der Waals surface area contributed by atoms with E-state index in [1.165, 1.54) is 25.7 Å². The zero-order valence-electron chi connectivity index (χ0n) is 5.65. The highest BCUT2D eigenvalue weighted by molar-refractivity contribution is 4.90. The quantitative estimate of drug-likeness (QED) is 0.501. The summed E-state index contributed by atoms with van der Waals surface area (Å²) in [5.74, 6) is 0.695. The third-order valence-corrected chi connectivity index (χ3v) is 1.90. The smallest absolute Gasteiger partial charge is 0.108 e. The summed E-state index contributed by atoms with van der Waals surface area (Å²) < 4.78 is 11.6. The van der Waals surface area contributed by atoms with Crippen molar-refractivity contribution in [3.63, 3.8) is 0 Å². The van der Waals surface area contributed by atoms with Crippen LogP contribution in [0.5, 0.6) is 0 Å². The van der Waals surface area contributed by atoms with E-state index >= 15 is 0 Å². The predicted octanol–water partition coefficient (Wildman–Crippen LogP) is 2.70. The van der Waals surface area contributed by atoms with E-state index in [0.29, 0.717) is 5.92 Å². The van der Waals surface area contributed by atoms with E-state index in [9.17, 15) is 4.39 Å². The highest BCUT2D eigenvalue weighted by Gasteiger charge is 2.10. The molecule has 1 saturated carbocycles. The van der Waals surface area contributed by atoms with Crippen molar-refractivity contribution in [3.8, 4) is 0 Å². The normalized spacial score (nSPS) is 21.9. The molecule has 1 fully saturated rings. The van der Waals surface area contributed by atoms with E-state index in [2.05, 4.69) is 0 Å². The molecule has 0 bridgehead atoms. The minimum atomic E-state index is -0.295. The Labute approximate surface area is 55.8 Å². The maximum absolute atomic E-state index is 11.6. The van der Waals surface area contributed by atoms with Crippen LogP contribution in [-0.4, -0.2) is 6.67 Å². The standard InChI is InChI=1S/C8H13F/c9-7-3-6-8-4-1-2-5-8/h3,6,8H,1-2,4-5,7H2/b6-3+. The number of rotatable bonds is 2. The number of alkyl halides is 1. The molecule has 0 aromatic heterocycles. The van der Waals surface area contributed by atoms with E-state index in [-0.39, 0.29) is 6.67 Å². The maximum atomic E-state index is 11.6. The lowest BCUT2D eigenvalue weighted by molar-refractivity contribution is 0.556. The van der Waals surface area contributed by atoms with E-state index in [1.807, 2.05) is 6.08 Å². The van der Waals surface area contributed by atoms with Gasteiger partial charge >= 0.3 is 0 Å². The first-order chi connectivity index (χ1) is 4.43. The fraction of sp³-hybridized carbons (Fsp3) is 0.750. The average molecular weight is 128 g/mol. The topological polar surface area (TPSA) is 0 Å². The minimum Gasteiger partial charge on any atom is -0.247 e. The zero-order valence-corrected chi connectivity index (χ0v) is 5.65. The minimum absolute atomic E-state index is 0.295. The van der Waals surface area contributed by atoms with Crippen molar-refractivity contribution in [2.45, 2.75) is 25.7 Å². The van der Waals surface area contributed by atoms with Crippen LogP contribution < -0.4 is 0 Å². The van der Waals surface area contributed by atoms with Crippen molar-refractivity contribution in [2.24, 2.45) is 5.92 Å². The molecule has 0 spiro atoms. The van der Waals surface area contributed by atoms with Gasteiger partial charge in [0, 0.05) is 0 Å². The molecule has 52 valence electrons. The van der Waals surface area contributed by atoms with Crippen LogP contribution in [0.3, 0.4) is 0 Å². The summed E-state index contributed by atoms with van der Waals surface area (Å²) in [6, 6.07) is 0. The van der Waals surface area contributed by atoms with Gasteiger partial charge in [0.15, 0.2) is 0 Å². The Morgan fingerprint density at radius 3 is 2.56 bits per heavy atom. The molecule has 0 aliphatic heterocycles. The Balaban J connectivity index is 2.18. The monoisotopic (exact) mass is 128 g/mol. The molecule has 0 aromatic rings. The summed E-state index contributed by atoms with van der Waals surface area (Å²) in [6.07, 6.45) is 8.87. The summed E-state index contributed by atoms with van der Waals surface area (Å²) in [5.41, 5.74) is 0. The second-order valence-electron chi connectivity index (χ2n) is 2.63. The Kier molecular flexibility index (Phi) is 2.75. The van der Waals surface area contributed by atoms with Crippen molar-refractivity contribution in [3.05, 3.63) is 12.2 Å². The van der Waals surface area contributed by atoms with Crippen LogP contribution in [0.4, 0.5) is 4.39 Å². The van der Waals surface area contributed by atoms with Crippen molar-refractivity contribution < 1.29 is 4.39 Å². The molecule has 0 saturated heterocycles. The van der Waals surface area contributed by atoms with Crippen molar-refractivity contribution in [1.82, 2.24) is 0 Å². The van der Waals surface area contributed by atoms with Crippen molar-refractivity contribution in [2.75, 3.05) is 6.67 Å². The van der Waals surface area contributed by atoms with Crippen molar-refractivity contribution in [1.29, 1.82) is 0 Å². The van der Waals surface area contributed by atoms with Gasteiger partial charge in [-0.05, 0) is 18.8 Å². The van der Waals surface area contributed by atoms with Gasteiger partial charge in [-0.1, -0.05) is 25.0 Å². The fourth-order valence-electron chi connectivity index (χ4n) is 1.39. The summed E-state index contributed by atoms with van der Waals surface area (Å²) in [5, 5.41) is 0. The van der Waals surface area contributed by atoms with Gasteiger partial charge in [-0.2, -0.15) is 0 Å². The fourth-order valence-corrected chi connectivity index (χ4v) is 1.39. The number of halogens is 1. The molecular formula is C8H13F. The Bertz CT molecular complexity index is 90.7. The summed E-state index contributed by atoms with van der Waals surface area (Å²) in [4.78, 5) is 0. The van der Waals surface area contributed by atoms with Gasteiger partial charge in [0.2, 0.25) is 0 Å². The van der Waals surface area contributed by atoms with Crippen LogP contribution in [0, 0.1) is 5.92 Å². The van der Waals surface area contributed by atoms with Crippen LogP contribution in [0.25, 0.3) is 0 Å². The molecular weight excluding hydrogens is 115 g/mol. The molecule has 9 heavy (non-hydrogen) atoms. The molecule has 0 unspecified atom stereocenters. The molecule has 0 N–H and O–H groups in total. The third-order valence-electron chi connectivity index (χ3n) is 1.90. The average Bonchev–Trinajstić information content (AvgIpc) is 2.34. The SMILES string of the molecule is FC/C=C/C1CCCC1. The van der Waals surface area contributed by atoms with Crippen LogP contribution in [0.15, 0.2) is 12.2 Å². The van der Waals surface area contributed by atoms with Crippen LogP contribution in [0.2, 0.25) is 0 Å². The van der Waals surface area contributed by atoms with Gasteiger partial charge in [-0.15, -0.1) is 0 Å². The van der Waals surface area contributed by atoms with Gasteiger partial charge in [0.25, 0.3) is 0 Å². The first kappa shape index (κ1) is 6.79. The van der Waals surface area contributed by atoms with Crippen molar-refractivity contribution >= 4 is 0 Å². The first-order valence-corrected chi connectivity index (χ1v) is 3.66. The van der Waals surface area contributed by atoms with Gasteiger partial charge < -0.3 is 0 Å². The second-order valence-corrected chi connectivity index (χ2v) is 2.63. The summed E-state index contributed by atoms with van der Waals surface area (Å²) in [7, 11) is 0. The van der Waals surface area contributed by atoms with Gasteiger partial charge in [-0.3, -0.25) is 0 Å². The molecule has 1 heteroatoms. The lowest BCUT2D eigenvalue weighted by Crippen LogP contribution is -1.84. The molecule has 0 nitrogen and oxygen atoms in total. The molecule has 0 amide bonds. The van der Waals surface area contributed by atoms with Crippen LogP contribution >= 0.6 is 0 Å². The highest BCUT2D eigenvalue weighted by atomic mass is 19.1. The Morgan fingerprint density at radius 1 is 1.33 bits per heavy atom. The molecule has 0 aromatic carbocycles. The molecule has 0 radical (unpaired) electrons. The largest absolute Gasteiger partial charge is 0.247 e. The number of hydrogen-bond donors (Lipinski definition) is 0. The summed E-state index contributed by atoms with van der Waals surface area (Å²) >= 11 is 0. The van der Waals surface area contributed by atoms with Crippen LogP contribution in [-0.2, 0) is 0 Å². The number of allylic oxidation sites excluding steroid dienone is 2. The van der Waals surface area contributed by atoms with E-state index in [0.717, 1.165) is 0 Å². The second kappa shape index (κ2) is 3.65. The van der Waals surface area contributed by atoms with Gasteiger partial charge in [0.1, 0.15) is 6.67 Å². The third kappa shape index (κ3) is 2.17. The van der Waals surface area contributed by atoms with Gasteiger partial charge in [-0.25, -0.2) is 4.39 Å². The summed E-state index contributed by atoms with van der Waals surface area (Å²) in [6.45, 7) is -0.295. The maximum Gasteiger partial charge on any atom is 0.108 e. The highest BCUT2D eigenvalue weighted by Crippen LogP contribution is 2.25. The zero-order chi connectivity index (χ0) is 6.53. The molecule has 0 heterocycles. The number of hydrogen-bond acceptors (Lipinski definition) is 0. The molecule has 0 atom stereocenters. The van der Waals surface area contributed by atoms with E-state index in [1.54, 1.807) is 6.08 Å². The Morgan fingerprint density at radius 2 is 2.00 bits per heavy atom.